The lowest BCUT2D eigenvalue weighted by Crippen LogP contribution is -2.68. The summed E-state index contributed by atoms with van der Waals surface area (Å²) in [6.45, 7) is 6.99. The molecule has 0 bridgehead atoms. The maximum atomic E-state index is 12.4. The van der Waals surface area contributed by atoms with Crippen molar-refractivity contribution in [3.05, 3.63) is 34.9 Å². The van der Waals surface area contributed by atoms with Crippen molar-refractivity contribution >= 4 is 23.5 Å². The lowest BCUT2D eigenvalue weighted by Gasteiger charge is -2.56. The first kappa shape index (κ1) is 18.7. The van der Waals surface area contributed by atoms with Gasteiger partial charge in [-0.05, 0) is 38.8 Å². The number of carboxylic acid groups (broad SMARTS) is 2. The third-order valence-electron chi connectivity index (χ3n) is 5.95. The molecule has 5 unspecified atom stereocenters. The Kier molecular flexibility index (Phi) is 4.98. The molecule has 0 saturated carbocycles. The van der Waals surface area contributed by atoms with Gasteiger partial charge >= 0.3 is 11.9 Å². The van der Waals surface area contributed by atoms with Gasteiger partial charge in [-0.1, -0.05) is 36.7 Å². The minimum atomic E-state index is -1.31. The summed E-state index contributed by atoms with van der Waals surface area (Å²) < 4.78 is 0. The van der Waals surface area contributed by atoms with E-state index in [-0.39, 0.29) is 0 Å². The van der Waals surface area contributed by atoms with Crippen LogP contribution in [-0.2, 0) is 9.59 Å². The van der Waals surface area contributed by atoms with E-state index in [1.807, 2.05) is 0 Å². The van der Waals surface area contributed by atoms with Crippen LogP contribution in [0.2, 0.25) is 5.02 Å². The number of rotatable bonds is 4. The van der Waals surface area contributed by atoms with Crippen molar-refractivity contribution in [3.63, 3.8) is 0 Å². The van der Waals surface area contributed by atoms with E-state index >= 15 is 0 Å². The minimum absolute atomic E-state index is 0.294. The van der Waals surface area contributed by atoms with Gasteiger partial charge in [-0.3, -0.25) is 9.59 Å². The molecule has 6 heteroatoms. The number of nitrogens with one attached hydrogen (secondary N) is 1. The van der Waals surface area contributed by atoms with Crippen LogP contribution in [0.5, 0.6) is 0 Å². The first-order valence-electron chi connectivity index (χ1n) is 8.11. The van der Waals surface area contributed by atoms with Gasteiger partial charge in [0.15, 0.2) is 0 Å². The van der Waals surface area contributed by atoms with Crippen molar-refractivity contribution in [2.75, 3.05) is 0 Å². The summed E-state index contributed by atoms with van der Waals surface area (Å²) in [6, 6.07) is 6.13. The SMILES string of the molecule is CCC1(C(=O)O)C(C)NC(C)C(C)(C(=O)O)C1c1ccccc1Cl. The van der Waals surface area contributed by atoms with Crippen molar-refractivity contribution in [3.8, 4) is 0 Å². The number of hydrogen-bond acceptors (Lipinski definition) is 3. The van der Waals surface area contributed by atoms with Gasteiger partial charge in [0.2, 0.25) is 0 Å². The summed E-state index contributed by atoms with van der Waals surface area (Å²) in [4.78, 5) is 24.6. The second-order valence-electron chi connectivity index (χ2n) is 6.85. The van der Waals surface area contributed by atoms with Gasteiger partial charge in [-0.2, -0.15) is 0 Å². The van der Waals surface area contributed by atoms with Crippen LogP contribution >= 0.6 is 11.6 Å². The quantitative estimate of drug-likeness (QED) is 0.772. The van der Waals surface area contributed by atoms with Crippen LogP contribution in [0, 0.1) is 10.8 Å². The van der Waals surface area contributed by atoms with Crippen molar-refractivity contribution in [1.82, 2.24) is 5.32 Å². The molecule has 2 rings (SSSR count). The third-order valence-corrected chi connectivity index (χ3v) is 6.29. The van der Waals surface area contributed by atoms with E-state index < -0.39 is 40.8 Å². The largest absolute Gasteiger partial charge is 0.481 e. The van der Waals surface area contributed by atoms with Gasteiger partial charge in [0.1, 0.15) is 0 Å². The highest BCUT2D eigenvalue weighted by atomic mass is 35.5. The zero-order valence-electron chi connectivity index (χ0n) is 14.3. The number of piperidine rings is 1. The van der Waals surface area contributed by atoms with Crippen molar-refractivity contribution in [1.29, 1.82) is 0 Å². The average molecular weight is 354 g/mol. The van der Waals surface area contributed by atoms with Crippen LogP contribution in [0.15, 0.2) is 24.3 Å². The second-order valence-corrected chi connectivity index (χ2v) is 7.26. The molecule has 5 atom stereocenters. The first-order valence-corrected chi connectivity index (χ1v) is 8.49. The van der Waals surface area contributed by atoms with Crippen molar-refractivity contribution in [2.24, 2.45) is 10.8 Å². The van der Waals surface area contributed by atoms with Crippen LogP contribution in [0.4, 0.5) is 0 Å². The Labute approximate surface area is 147 Å². The molecule has 1 aromatic carbocycles. The Morgan fingerprint density at radius 1 is 1.17 bits per heavy atom. The molecule has 0 aliphatic carbocycles. The molecule has 5 nitrogen and oxygen atoms in total. The molecule has 0 amide bonds. The van der Waals surface area contributed by atoms with Gasteiger partial charge in [0.25, 0.3) is 0 Å². The number of carboxylic acids is 2. The van der Waals surface area contributed by atoms with E-state index in [1.165, 1.54) is 0 Å². The van der Waals surface area contributed by atoms with E-state index in [9.17, 15) is 19.8 Å². The number of benzene rings is 1. The maximum Gasteiger partial charge on any atom is 0.311 e. The van der Waals surface area contributed by atoms with Crippen LogP contribution in [0.3, 0.4) is 0 Å². The summed E-state index contributed by atoms with van der Waals surface area (Å²) in [5.74, 6) is -2.79. The zero-order valence-corrected chi connectivity index (χ0v) is 15.1. The molecule has 0 spiro atoms. The Bertz CT molecular complexity index is 664. The lowest BCUT2D eigenvalue weighted by atomic mass is 9.51. The lowest BCUT2D eigenvalue weighted by molar-refractivity contribution is -0.170. The number of hydrogen-bond donors (Lipinski definition) is 3. The van der Waals surface area contributed by atoms with Gasteiger partial charge < -0.3 is 15.5 Å². The molecule has 1 saturated heterocycles. The van der Waals surface area contributed by atoms with Gasteiger partial charge in [-0.15, -0.1) is 0 Å². The molecule has 1 heterocycles. The first-order chi connectivity index (χ1) is 11.1. The molecule has 1 aromatic rings. The van der Waals surface area contributed by atoms with Crippen LogP contribution in [-0.4, -0.2) is 34.2 Å². The van der Waals surface area contributed by atoms with Crippen LogP contribution < -0.4 is 5.32 Å². The molecule has 1 aliphatic rings. The molecule has 1 fully saturated rings. The second kappa shape index (κ2) is 6.37. The molecule has 0 radical (unpaired) electrons. The summed E-state index contributed by atoms with van der Waals surface area (Å²) in [7, 11) is 0. The van der Waals surface area contributed by atoms with Crippen molar-refractivity contribution in [2.45, 2.75) is 52.1 Å². The van der Waals surface area contributed by atoms with E-state index in [2.05, 4.69) is 5.32 Å². The molecular formula is C18H24ClNO4. The minimum Gasteiger partial charge on any atom is -0.481 e. The summed E-state index contributed by atoms with van der Waals surface area (Å²) in [6.07, 6.45) is 0.294. The van der Waals surface area contributed by atoms with E-state index in [4.69, 9.17) is 11.6 Å². The Morgan fingerprint density at radius 3 is 2.21 bits per heavy atom. The molecule has 132 valence electrons. The van der Waals surface area contributed by atoms with E-state index in [1.54, 1.807) is 52.0 Å². The molecular weight excluding hydrogens is 330 g/mol. The topological polar surface area (TPSA) is 86.6 Å². The maximum absolute atomic E-state index is 12.4. The van der Waals surface area contributed by atoms with Gasteiger partial charge in [0, 0.05) is 23.0 Å². The fraction of sp³-hybridized carbons (Fsp3) is 0.556. The molecule has 1 aliphatic heterocycles. The van der Waals surface area contributed by atoms with E-state index in [0.29, 0.717) is 17.0 Å². The molecule has 24 heavy (non-hydrogen) atoms. The summed E-state index contributed by atoms with van der Waals surface area (Å²) in [5, 5.41) is 23.7. The highest BCUT2D eigenvalue weighted by Crippen LogP contribution is 2.57. The fourth-order valence-electron chi connectivity index (χ4n) is 4.32. The normalized spacial score (nSPS) is 36.3. The smallest absolute Gasteiger partial charge is 0.311 e. The summed E-state index contributed by atoms with van der Waals surface area (Å²) >= 11 is 6.37. The predicted octanol–water partition coefficient (Wildman–Crippen LogP) is 3.38. The van der Waals surface area contributed by atoms with E-state index in [0.717, 1.165) is 0 Å². The van der Waals surface area contributed by atoms with Gasteiger partial charge in [0.05, 0.1) is 10.8 Å². The number of carbonyl (C=O) groups is 2. The third kappa shape index (κ3) is 2.42. The molecule has 3 N–H and O–H groups in total. The average Bonchev–Trinajstić information content (AvgIpc) is 2.51. The standard InChI is InChI=1S/C18H24ClNO4/c1-5-18(16(23)24)11(3)20-10(2)17(4,15(21)22)14(18)12-8-6-7-9-13(12)19/h6-11,14,20H,5H2,1-4H3,(H,21,22)(H,23,24). The summed E-state index contributed by atoms with van der Waals surface area (Å²) in [5.41, 5.74) is -2.01. The Hall–Kier alpha value is -1.59. The fourth-order valence-corrected chi connectivity index (χ4v) is 4.57. The van der Waals surface area contributed by atoms with Gasteiger partial charge in [-0.25, -0.2) is 0 Å². The van der Waals surface area contributed by atoms with Crippen LogP contribution in [0.1, 0.15) is 45.6 Å². The highest BCUT2D eigenvalue weighted by Gasteiger charge is 2.64. The zero-order chi connectivity index (χ0) is 18.3. The Morgan fingerprint density at radius 2 is 1.75 bits per heavy atom. The predicted molar refractivity (Wildman–Crippen MR) is 92.4 cm³/mol. The molecule has 0 aromatic heterocycles. The Balaban J connectivity index is 2.85. The number of halogens is 1. The number of aliphatic carboxylic acids is 2. The highest BCUT2D eigenvalue weighted by molar-refractivity contribution is 6.31. The monoisotopic (exact) mass is 353 g/mol. The van der Waals surface area contributed by atoms with Crippen molar-refractivity contribution < 1.29 is 19.8 Å². The van der Waals surface area contributed by atoms with Crippen LogP contribution in [0.25, 0.3) is 0 Å².